The van der Waals surface area contributed by atoms with Crippen LogP contribution in [0.15, 0.2) is 18.2 Å². The topological polar surface area (TPSA) is 55.6 Å². The van der Waals surface area contributed by atoms with Gasteiger partial charge in [-0.15, -0.1) is 0 Å². The standard InChI is InChI=1S/C15H20N2O3/c18-17(19)15-6-2-12-1-4-14(5-3-13(12)11-15)16-7-9-20-10-8-16/h2,6,11,14H,1,3-5,7-10H2. The summed E-state index contributed by atoms with van der Waals surface area (Å²) in [4.78, 5) is 13.1. The third-order valence-corrected chi connectivity index (χ3v) is 4.46. The predicted molar refractivity (Wildman–Crippen MR) is 75.9 cm³/mol. The molecule has 1 aromatic carbocycles. The number of nitrogens with zero attached hydrogens (tertiary/aromatic N) is 2. The maximum absolute atomic E-state index is 10.9. The van der Waals surface area contributed by atoms with Crippen molar-refractivity contribution in [1.82, 2.24) is 4.90 Å². The van der Waals surface area contributed by atoms with Crippen LogP contribution in [0.3, 0.4) is 0 Å². The number of hydrogen-bond acceptors (Lipinski definition) is 4. The van der Waals surface area contributed by atoms with Crippen molar-refractivity contribution >= 4 is 5.69 Å². The van der Waals surface area contributed by atoms with Crippen LogP contribution in [0.4, 0.5) is 5.69 Å². The quantitative estimate of drug-likeness (QED) is 0.472. The fourth-order valence-corrected chi connectivity index (χ4v) is 3.30. The van der Waals surface area contributed by atoms with Gasteiger partial charge in [-0.2, -0.15) is 0 Å². The maximum Gasteiger partial charge on any atom is 0.269 e. The molecule has 0 aromatic heterocycles. The van der Waals surface area contributed by atoms with Gasteiger partial charge in [0, 0.05) is 31.3 Å². The number of hydrogen-bond donors (Lipinski definition) is 0. The summed E-state index contributed by atoms with van der Waals surface area (Å²) in [6.07, 6.45) is 4.20. The molecule has 1 aromatic rings. The minimum Gasteiger partial charge on any atom is -0.379 e. The third-order valence-electron chi connectivity index (χ3n) is 4.46. The second-order valence-corrected chi connectivity index (χ2v) is 5.59. The van der Waals surface area contributed by atoms with E-state index in [-0.39, 0.29) is 10.6 Å². The Bertz CT molecular complexity index is 498. The number of morpholine rings is 1. The van der Waals surface area contributed by atoms with Crippen molar-refractivity contribution in [3.63, 3.8) is 0 Å². The molecule has 108 valence electrons. The first-order chi connectivity index (χ1) is 9.74. The Kier molecular flexibility index (Phi) is 3.98. The van der Waals surface area contributed by atoms with Gasteiger partial charge in [0.15, 0.2) is 0 Å². The van der Waals surface area contributed by atoms with E-state index in [4.69, 9.17) is 4.74 Å². The van der Waals surface area contributed by atoms with E-state index in [0.717, 1.165) is 57.6 Å². The van der Waals surface area contributed by atoms with E-state index in [1.165, 1.54) is 5.56 Å². The van der Waals surface area contributed by atoms with Crippen molar-refractivity contribution in [2.75, 3.05) is 26.3 Å². The van der Waals surface area contributed by atoms with Crippen LogP contribution in [0.25, 0.3) is 0 Å². The van der Waals surface area contributed by atoms with Gasteiger partial charge < -0.3 is 4.74 Å². The average molecular weight is 276 g/mol. The molecule has 1 fully saturated rings. The monoisotopic (exact) mass is 276 g/mol. The van der Waals surface area contributed by atoms with Crippen molar-refractivity contribution in [1.29, 1.82) is 0 Å². The predicted octanol–water partition coefficient (Wildman–Crippen LogP) is 2.17. The van der Waals surface area contributed by atoms with Crippen LogP contribution in [0.5, 0.6) is 0 Å². The molecule has 1 atom stereocenters. The van der Waals surface area contributed by atoms with Gasteiger partial charge in [-0.25, -0.2) is 0 Å². The molecule has 5 nitrogen and oxygen atoms in total. The van der Waals surface area contributed by atoms with Crippen LogP contribution in [0.2, 0.25) is 0 Å². The number of nitro benzene ring substituents is 1. The molecule has 0 amide bonds. The first kappa shape index (κ1) is 13.5. The number of aryl methyl sites for hydroxylation is 2. The van der Waals surface area contributed by atoms with Gasteiger partial charge in [0.25, 0.3) is 5.69 Å². The van der Waals surface area contributed by atoms with Gasteiger partial charge in [0.2, 0.25) is 0 Å². The Morgan fingerprint density at radius 1 is 1.15 bits per heavy atom. The molecule has 20 heavy (non-hydrogen) atoms. The first-order valence-corrected chi connectivity index (χ1v) is 7.32. The molecule has 5 heteroatoms. The van der Waals surface area contributed by atoms with Crippen molar-refractivity contribution in [2.45, 2.75) is 31.7 Å². The lowest BCUT2D eigenvalue weighted by Crippen LogP contribution is -2.43. The SMILES string of the molecule is O=[N+]([O-])c1ccc2c(c1)CCC(N1CCOCC1)CC2. The minimum absolute atomic E-state index is 0.216. The summed E-state index contributed by atoms with van der Waals surface area (Å²) in [6, 6.07) is 5.92. The molecule has 1 unspecified atom stereocenters. The Morgan fingerprint density at radius 3 is 2.55 bits per heavy atom. The maximum atomic E-state index is 10.9. The van der Waals surface area contributed by atoms with Crippen molar-refractivity contribution < 1.29 is 9.66 Å². The summed E-state index contributed by atoms with van der Waals surface area (Å²) in [7, 11) is 0. The lowest BCUT2D eigenvalue weighted by molar-refractivity contribution is -0.384. The number of benzene rings is 1. The lowest BCUT2D eigenvalue weighted by atomic mass is 10.0. The van der Waals surface area contributed by atoms with E-state index < -0.39 is 0 Å². The fourth-order valence-electron chi connectivity index (χ4n) is 3.30. The van der Waals surface area contributed by atoms with E-state index in [2.05, 4.69) is 4.90 Å². The Hall–Kier alpha value is -1.46. The van der Waals surface area contributed by atoms with Gasteiger partial charge in [0.05, 0.1) is 18.1 Å². The highest BCUT2D eigenvalue weighted by molar-refractivity contribution is 5.40. The van der Waals surface area contributed by atoms with Crippen molar-refractivity contribution in [3.8, 4) is 0 Å². The Labute approximate surface area is 118 Å². The molecule has 0 saturated carbocycles. The Balaban J connectivity index is 1.72. The largest absolute Gasteiger partial charge is 0.379 e. The van der Waals surface area contributed by atoms with Crippen LogP contribution < -0.4 is 0 Å². The average Bonchev–Trinajstić information content (AvgIpc) is 2.70. The van der Waals surface area contributed by atoms with Crippen molar-refractivity contribution in [2.24, 2.45) is 0 Å². The van der Waals surface area contributed by atoms with Gasteiger partial charge in [-0.05, 0) is 36.8 Å². The molecular formula is C15H20N2O3. The summed E-state index contributed by atoms with van der Waals surface area (Å²) in [6.45, 7) is 3.69. The highest BCUT2D eigenvalue weighted by atomic mass is 16.6. The summed E-state index contributed by atoms with van der Waals surface area (Å²) >= 11 is 0. The van der Waals surface area contributed by atoms with E-state index in [1.54, 1.807) is 12.1 Å². The van der Waals surface area contributed by atoms with E-state index in [0.29, 0.717) is 6.04 Å². The summed E-state index contributed by atoms with van der Waals surface area (Å²) < 4.78 is 5.41. The zero-order chi connectivity index (χ0) is 13.9. The molecule has 1 aliphatic carbocycles. The minimum atomic E-state index is -0.301. The summed E-state index contributed by atoms with van der Waals surface area (Å²) in [5.74, 6) is 0. The molecular weight excluding hydrogens is 256 g/mol. The summed E-state index contributed by atoms with van der Waals surface area (Å²) in [5, 5.41) is 10.9. The first-order valence-electron chi connectivity index (χ1n) is 7.32. The van der Waals surface area contributed by atoms with Gasteiger partial charge in [0.1, 0.15) is 0 Å². The zero-order valence-corrected chi connectivity index (χ0v) is 11.6. The molecule has 0 spiro atoms. The molecule has 0 N–H and O–H groups in total. The molecule has 2 aliphatic rings. The lowest BCUT2D eigenvalue weighted by Gasteiger charge is -2.33. The highest BCUT2D eigenvalue weighted by Gasteiger charge is 2.24. The van der Waals surface area contributed by atoms with Crippen LogP contribution in [0.1, 0.15) is 24.0 Å². The second kappa shape index (κ2) is 5.89. The molecule has 1 heterocycles. The Morgan fingerprint density at radius 2 is 1.85 bits per heavy atom. The van der Waals surface area contributed by atoms with Crippen LogP contribution in [-0.2, 0) is 17.6 Å². The van der Waals surface area contributed by atoms with Gasteiger partial charge in [-0.3, -0.25) is 15.0 Å². The highest BCUT2D eigenvalue weighted by Crippen LogP contribution is 2.27. The number of rotatable bonds is 2. The third kappa shape index (κ3) is 2.83. The van der Waals surface area contributed by atoms with Crippen molar-refractivity contribution in [3.05, 3.63) is 39.4 Å². The van der Waals surface area contributed by atoms with Crippen LogP contribution >= 0.6 is 0 Å². The van der Waals surface area contributed by atoms with E-state index in [1.807, 2.05) is 6.07 Å². The summed E-state index contributed by atoms with van der Waals surface area (Å²) in [5.41, 5.74) is 2.66. The van der Waals surface area contributed by atoms with Gasteiger partial charge >= 0.3 is 0 Å². The molecule has 3 rings (SSSR count). The van der Waals surface area contributed by atoms with Crippen LogP contribution in [0, 0.1) is 10.1 Å². The number of nitro groups is 1. The molecule has 1 saturated heterocycles. The smallest absolute Gasteiger partial charge is 0.269 e. The second-order valence-electron chi connectivity index (χ2n) is 5.59. The van der Waals surface area contributed by atoms with E-state index >= 15 is 0 Å². The normalized spacial score (nSPS) is 23.9. The number of non-ortho nitro benzene ring substituents is 1. The zero-order valence-electron chi connectivity index (χ0n) is 11.6. The van der Waals surface area contributed by atoms with E-state index in [9.17, 15) is 10.1 Å². The number of fused-ring (bicyclic) bond motifs is 1. The molecule has 0 bridgehead atoms. The van der Waals surface area contributed by atoms with Gasteiger partial charge in [-0.1, -0.05) is 6.07 Å². The fraction of sp³-hybridized carbons (Fsp3) is 0.600. The number of ether oxygens (including phenoxy) is 1. The molecule has 1 aliphatic heterocycles. The molecule has 0 radical (unpaired) electrons. The van der Waals surface area contributed by atoms with Crippen LogP contribution in [-0.4, -0.2) is 42.2 Å².